The summed E-state index contributed by atoms with van der Waals surface area (Å²) in [5.74, 6) is 4.53. The number of ether oxygens (including phenoxy) is 3. The molecule has 1 aliphatic rings. The lowest BCUT2D eigenvalue weighted by Crippen LogP contribution is -2.41. The average Bonchev–Trinajstić information content (AvgIpc) is 1.61. The van der Waals surface area contributed by atoms with E-state index in [0.717, 1.165) is 143 Å². The fourth-order valence-electron chi connectivity index (χ4n) is 11.0. The second-order valence-corrected chi connectivity index (χ2v) is 26.4. The molecule has 9 aromatic heterocycles. The zero-order chi connectivity index (χ0) is 76.8. The Hall–Kier alpha value is -10.4. The molecule has 1 fully saturated rings. The quantitative estimate of drug-likeness (QED) is 0.0341. The van der Waals surface area contributed by atoms with Crippen molar-refractivity contribution in [2.45, 2.75) is 162 Å². The van der Waals surface area contributed by atoms with Gasteiger partial charge in [0.25, 0.3) is 5.97 Å². The van der Waals surface area contributed by atoms with Crippen LogP contribution in [-0.2, 0) is 42.9 Å². The predicted molar refractivity (Wildman–Crippen MR) is 423 cm³/mol. The highest BCUT2D eigenvalue weighted by atomic mass is 79.9. The normalized spacial score (nSPS) is 12.4. The zero-order valence-corrected chi connectivity index (χ0v) is 64.6. The molecule has 13 rings (SSSR count). The summed E-state index contributed by atoms with van der Waals surface area (Å²) in [5.41, 5.74) is 44.6. The minimum atomic E-state index is -0.849. The Morgan fingerprint density at radius 1 is 0.519 bits per heavy atom. The van der Waals surface area contributed by atoms with Gasteiger partial charge < -0.3 is 74.8 Å². The number of pyridine rings is 4. The molecule has 1 aliphatic heterocycles. The van der Waals surface area contributed by atoms with Crippen molar-refractivity contribution in [2.24, 2.45) is 0 Å². The number of nitrogen functional groups attached to an aromatic ring is 5. The van der Waals surface area contributed by atoms with E-state index in [1.54, 1.807) is 49.8 Å². The van der Waals surface area contributed by atoms with E-state index in [1.165, 1.54) is 11.1 Å². The van der Waals surface area contributed by atoms with Crippen LogP contribution in [0.5, 0.6) is 0 Å². The van der Waals surface area contributed by atoms with Crippen LogP contribution in [0, 0.1) is 62.3 Å². The number of benzene rings is 3. The summed E-state index contributed by atoms with van der Waals surface area (Å²) in [6.07, 6.45) is 9.53. The second-order valence-electron chi connectivity index (χ2n) is 25.5. The van der Waals surface area contributed by atoms with Crippen LogP contribution in [0.4, 0.5) is 28.8 Å². The Kier molecular flexibility index (Phi) is 31.2. The summed E-state index contributed by atoms with van der Waals surface area (Å²) in [5, 5.41) is 15.8. The first-order valence-corrected chi connectivity index (χ1v) is 35.1. The third-order valence-corrected chi connectivity index (χ3v) is 17.5. The molecule has 0 aliphatic carbocycles. The van der Waals surface area contributed by atoms with E-state index < -0.39 is 5.97 Å². The molecule has 0 unspecified atom stereocenters. The summed E-state index contributed by atoms with van der Waals surface area (Å²) < 4.78 is 51.5. The molecule has 562 valence electrons. The van der Waals surface area contributed by atoms with Crippen molar-refractivity contribution < 1.29 is 46.4 Å². The van der Waals surface area contributed by atoms with Crippen LogP contribution in [0.1, 0.15) is 142 Å². The van der Waals surface area contributed by atoms with E-state index in [0.29, 0.717) is 48.6 Å². The van der Waals surface area contributed by atoms with Crippen LogP contribution in [-0.4, -0.2) is 101 Å². The van der Waals surface area contributed by atoms with Gasteiger partial charge >= 0.3 is 7.12 Å². The minimum Gasteiger partial charge on any atom is -0.399 e. The summed E-state index contributed by atoms with van der Waals surface area (Å²) >= 11 is 3.20. The zero-order valence-electron chi connectivity index (χ0n) is 63.0. The van der Waals surface area contributed by atoms with Gasteiger partial charge in [0.2, 0.25) is 0 Å². The molecule has 0 saturated carbocycles. The lowest BCUT2D eigenvalue weighted by Gasteiger charge is -2.32. The van der Waals surface area contributed by atoms with E-state index >= 15 is 0 Å². The Morgan fingerprint density at radius 3 is 1.35 bits per heavy atom. The standard InChI is InChI=1S/C19H18N4O.C18H19N3O.C11H18BNO3.C10H12N4O.C8H18O3.C7H6O.C5H6BrN3.CH4/c1-12-18(13(2)24-22-12)16-9-17-19(20-10-16)21-14(3)23(17)11-15-7-5-4-6-8-15;1-12-17(13(2)22-21-12)16-10-15(18(19)20-11-16)9-8-14-6-4-3-5-7-14;1-7-9(8(2)14-13-7)12-15-10(3,4)11(5,6)16-12;1-5-9(6(2)15-14-5)7-3-8(11)10(12)13-4-7;1-5-9-8(4,10-6-2)11-7-3;8-6-7-4-2-1-3-5-7;6-3-1-4(7)5(8)9-2-3;/h4-10H,11H2,1-3H3;3-7,10-11H,8-9H2,1-2H3,(H2,19,20);1-6H3;3-4H,11H2,1-2H3,(H2,12,13);5-7H2,1-4H3;1-6H;1-2H,7H2,(H2,8,9);1H4. The van der Waals surface area contributed by atoms with Gasteiger partial charge in [-0.1, -0.05) is 119 Å². The summed E-state index contributed by atoms with van der Waals surface area (Å²) in [4.78, 5) is 31.3. The van der Waals surface area contributed by atoms with Crippen molar-refractivity contribution in [3.05, 3.63) is 218 Å². The van der Waals surface area contributed by atoms with E-state index in [4.69, 9.17) is 70.3 Å². The fourth-order valence-corrected chi connectivity index (χ4v) is 11.4. The molecule has 106 heavy (non-hydrogen) atoms. The van der Waals surface area contributed by atoms with E-state index in [9.17, 15) is 4.79 Å². The number of halogens is 1. The van der Waals surface area contributed by atoms with Crippen molar-refractivity contribution in [1.29, 1.82) is 0 Å². The number of nitrogens with two attached hydrogens (primary N) is 5. The molecule has 0 radical (unpaired) electrons. The van der Waals surface area contributed by atoms with Gasteiger partial charge in [0, 0.05) is 107 Å². The third-order valence-electron chi connectivity index (χ3n) is 17.1. The number of hydrogen-bond acceptors (Lipinski definition) is 24. The number of nitrogens with zero attached hydrogens (tertiary/aromatic N) is 10. The number of rotatable bonds is 16. The van der Waals surface area contributed by atoms with Crippen molar-refractivity contribution >= 4 is 74.8 Å². The average molecular weight is 1510 g/mol. The summed E-state index contributed by atoms with van der Waals surface area (Å²) in [6, 6.07) is 37.6. The maximum absolute atomic E-state index is 10.0. The first kappa shape index (κ1) is 84.5. The Labute approximate surface area is 630 Å². The van der Waals surface area contributed by atoms with Crippen LogP contribution in [0.25, 0.3) is 44.5 Å². The van der Waals surface area contributed by atoms with Crippen LogP contribution in [0.15, 0.2) is 163 Å². The number of aryl methyl sites for hydroxylation is 11. The lowest BCUT2D eigenvalue weighted by atomic mass is 9.77. The number of fused-ring (bicyclic) bond motifs is 1. The van der Waals surface area contributed by atoms with Crippen molar-refractivity contribution in [3.8, 4) is 33.4 Å². The Morgan fingerprint density at radius 2 is 0.934 bits per heavy atom. The summed E-state index contributed by atoms with van der Waals surface area (Å²) in [7, 11) is -0.378. The molecule has 0 spiro atoms. The first-order valence-electron chi connectivity index (χ1n) is 34.3. The first-order chi connectivity index (χ1) is 49.9. The largest absolute Gasteiger partial charge is 0.500 e. The van der Waals surface area contributed by atoms with Crippen LogP contribution >= 0.6 is 15.9 Å². The van der Waals surface area contributed by atoms with E-state index in [-0.39, 0.29) is 25.7 Å². The van der Waals surface area contributed by atoms with Crippen molar-refractivity contribution in [2.75, 3.05) is 48.5 Å². The number of carbonyl (C=O) groups excluding carboxylic acids is 1. The van der Waals surface area contributed by atoms with Gasteiger partial charge in [0.1, 0.15) is 52.6 Å². The fraction of sp³-hybridized carbons (Fsp3) is 0.342. The number of imidazole rings is 1. The van der Waals surface area contributed by atoms with E-state index in [2.05, 4.69) is 127 Å². The van der Waals surface area contributed by atoms with Crippen molar-refractivity contribution in [3.63, 3.8) is 0 Å². The van der Waals surface area contributed by atoms with Gasteiger partial charge in [0.05, 0.1) is 50.9 Å². The van der Waals surface area contributed by atoms with Crippen LogP contribution < -0.4 is 34.1 Å². The van der Waals surface area contributed by atoms with Gasteiger partial charge in [-0.15, -0.1) is 0 Å². The molecule has 1 saturated heterocycles. The third kappa shape index (κ3) is 22.8. The molecule has 27 heteroatoms. The SMILES string of the molecule is C.CCOC(C)(OCC)OCC.Cc1noc(C)c1-c1cnc(N)c(CCc2ccccc2)c1.Cc1noc(C)c1-c1cnc(N)c(N)c1.Cc1noc(C)c1-c1cnc2nc(C)n(Cc3ccccc3)c2c1.Cc1noc(C)c1B1OC(C)(C)C(C)(C)O1.Nc1cc(Br)cnc1N.O=Cc1ccccc1. The summed E-state index contributed by atoms with van der Waals surface area (Å²) in [6.45, 7) is 35.4. The molecule has 10 heterocycles. The van der Waals surface area contributed by atoms with Gasteiger partial charge in [-0.2, -0.15) is 0 Å². The molecule has 0 atom stereocenters. The van der Waals surface area contributed by atoms with Crippen molar-refractivity contribution in [1.82, 2.24) is 50.1 Å². The van der Waals surface area contributed by atoms with Crippen LogP contribution in [0.2, 0.25) is 0 Å². The molecule has 25 nitrogen and oxygen atoms in total. The number of carbonyl (C=O) groups is 1. The predicted octanol–water partition coefficient (Wildman–Crippen LogP) is 15.8. The minimum absolute atomic E-state index is 0. The molecule has 3 aromatic carbocycles. The van der Waals surface area contributed by atoms with Crippen LogP contribution in [0.3, 0.4) is 0 Å². The number of aromatic nitrogens is 10. The molecule has 12 aromatic rings. The van der Waals surface area contributed by atoms with Gasteiger partial charge in [-0.25, -0.2) is 24.9 Å². The highest BCUT2D eigenvalue weighted by Gasteiger charge is 2.53. The monoisotopic (exact) mass is 1510 g/mol. The molecule has 0 amide bonds. The van der Waals surface area contributed by atoms with Gasteiger partial charge in [-0.05, 0) is 181 Å². The highest BCUT2D eigenvalue weighted by molar-refractivity contribution is 9.10. The molecular weight excluding hydrogens is 1410 g/mol. The number of anilines is 5. The highest BCUT2D eigenvalue weighted by Crippen LogP contribution is 2.37. The Bertz CT molecular complexity index is 4620. The topological polar surface area (TPSA) is 367 Å². The smallest absolute Gasteiger partial charge is 0.399 e. The Balaban J connectivity index is 0.000000200. The van der Waals surface area contributed by atoms with E-state index in [1.807, 2.05) is 147 Å². The maximum atomic E-state index is 10.0. The molecule has 0 bridgehead atoms. The van der Waals surface area contributed by atoms with Gasteiger partial charge in [-0.3, -0.25) is 4.79 Å². The van der Waals surface area contributed by atoms with Gasteiger partial charge in [0.15, 0.2) is 5.65 Å². The second kappa shape index (κ2) is 39.1. The number of hydrogen-bond donors (Lipinski definition) is 5. The lowest BCUT2D eigenvalue weighted by molar-refractivity contribution is -0.365. The number of aldehydes is 1. The molecular formula is C79H101BBrN15O10. The maximum Gasteiger partial charge on any atom is 0.500 e. The molecule has 10 N–H and O–H groups in total.